The monoisotopic (exact) mass is 261 g/mol. The van der Waals surface area contributed by atoms with Crippen molar-refractivity contribution in [2.45, 2.75) is 32.4 Å². The number of likely N-dealkylation sites (tertiary alicyclic amines) is 1. The molecule has 1 fully saturated rings. The Bertz CT molecular complexity index is 326. The van der Waals surface area contributed by atoms with Gasteiger partial charge in [0.05, 0.1) is 12.6 Å². The first-order chi connectivity index (χ1) is 7.78. The number of halogens is 1. The molecular weight excluding hydrogens is 246 g/mol. The second-order valence-electron chi connectivity index (χ2n) is 3.88. The molecule has 4 nitrogen and oxygen atoms in total. The van der Waals surface area contributed by atoms with Crippen LogP contribution in [-0.2, 0) is 11.3 Å². The predicted molar refractivity (Wildman–Crippen MR) is 64.8 cm³/mol. The van der Waals surface area contributed by atoms with E-state index in [4.69, 9.17) is 16.3 Å². The molecule has 1 aliphatic heterocycles. The predicted octanol–water partition coefficient (Wildman–Crippen LogP) is 2.19. The smallest absolute Gasteiger partial charge is 0.207 e. The minimum Gasteiger partial charge on any atom is -0.378 e. The minimum atomic E-state index is 0.444. The maximum absolute atomic E-state index is 5.75. The van der Waals surface area contributed by atoms with Crippen molar-refractivity contribution < 1.29 is 4.74 Å². The third kappa shape index (κ3) is 3.38. The third-order valence-electron chi connectivity index (χ3n) is 2.74. The van der Waals surface area contributed by atoms with Gasteiger partial charge in [0.2, 0.25) is 4.47 Å². The maximum atomic E-state index is 5.75. The van der Waals surface area contributed by atoms with E-state index in [-0.39, 0.29) is 0 Å². The van der Waals surface area contributed by atoms with Gasteiger partial charge in [-0.3, -0.25) is 4.90 Å². The van der Waals surface area contributed by atoms with Gasteiger partial charge in [0.25, 0.3) is 0 Å². The lowest BCUT2D eigenvalue weighted by Gasteiger charge is -2.30. The van der Waals surface area contributed by atoms with Crippen molar-refractivity contribution >= 4 is 22.9 Å². The van der Waals surface area contributed by atoms with Crippen LogP contribution in [0.2, 0.25) is 4.47 Å². The van der Waals surface area contributed by atoms with Crippen LogP contribution in [0, 0.1) is 0 Å². The molecule has 1 aliphatic rings. The second-order valence-corrected chi connectivity index (χ2v) is 5.52. The normalized spacial score (nSPS) is 19.1. The van der Waals surface area contributed by atoms with E-state index in [1.165, 1.54) is 11.3 Å². The van der Waals surface area contributed by atoms with Gasteiger partial charge in [0.1, 0.15) is 5.01 Å². The fourth-order valence-corrected chi connectivity index (χ4v) is 2.87. The van der Waals surface area contributed by atoms with Gasteiger partial charge in [-0.25, -0.2) is 0 Å². The summed E-state index contributed by atoms with van der Waals surface area (Å²) in [6.07, 6.45) is 2.67. The maximum Gasteiger partial charge on any atom is 0.207 e. The highest BCUT2D eigenvalue weighted by Crippen LogP contribution is 2.19. The average Bonchev–Trinajstić information content (AvgIpc) is 2.67. The molecule has 2 rings (SSSR count). The summed E-state index contributed by atoms with van der Waals surface area (Å²) in [7, 11) is 0. The number of hydrogen-bond acceptors (Lipinski definition) is 5. The van der Waals surface area contributed by atoms with Crippen LogP contribution >= 0.6 is 22.9 Å². The van der Waals surface area contributed by atoms with E-state index in [1.807, 2.05) is 0 Å². The SMILES string of the molecule is CCOC1CCN(Cc2nnc(Cl)s2)CC1. The van der Waals surface area contributed by atoms with Crippen LogP contribution in [0.25, 0.3) is 0 Å². The van der Waals surface area contributed by atoms with Crippen LogP contribution in [0.15, 0.2) is 0 Å². The molecule has 0 atom stereocenters. The van der Waals surface area contributed by atoms with E-state index < -0.39 is 0 Å². The van der Waals surface area contributed by atoms with Crippen molar-refractivity contribution in [3.63, 3.8) is 0 Å². The van der Waals surface area contributed by atoms with Crippen LogP contribution < -0.4 is 0 Å². The summed E-state index contributed by atoms with van der Waals surface area (Å²) >= 11 is 7.21. The van der Waals surface area contributed by atoms with Gasteiger partial charge in [0.15, 0.2) is 0 Å². The van der Waals surface area contributed by atoms with Gasteiger partial charge in [0, 0.05) is 19.7 Å². The average molecular weight is 262 g/mol. The standard InChI is InChI=1S/C10H16ClN3OS/c1-2-15-8-3-5-14(6-4-8)7-9-12-13-10(11)16-9/h8H,2-7H2,1H3. The molecule has 0 aromatic carbocycles. The second kappa shape index (κ2) is 5.91. The van der Waals surface area contributed by atoms with Crippen molar-refractivity contribution in [1.82, 2.24) is 15.1 Å². The molecule has 90 valence electrons. The minimum absolute atomic E-state index is 0.444. The van der Waals surface area contributed by atoms with Crippen LogP contribution in [0.1, 0.15) is 24.8 Å². The Morgan fingerprint density at radius 2 is 2.19 bits per heavy atom. The van der Waals surface area contributed by atoms with E-state index in [1.54, 1.807) is 0 Å². The summed E-state index contributed by atoms with van der Waals surface area (Å²) in [5, 5.41) is 8.84. The molecule has 1 aromatic heterocycles. The Morgan fingerprint density at radius 3 is 2.75 bits per heavy atom. The Balaban J connectivity index is 1.77. The summed E-state index contributed by atoms with van der Waals surface area (Å²) in [5.41, 5.74) is 0. The highest BCUT2D eigenvalue weighted by Gasteiger charge is 2.20. The Labute approximate surface area is 105 Å². The van der Waals surface area contributed by atoms with Gasteiger partial charge in [-0.1, -0.05) is 11.3 Å². The fourth-order valence-electron chi connectivity index (χ4n) is 1.96. The molecule has 0 unspecified atom stereocenters. The molecule has 0 spiro atoms. The van der Waals surface area contributed by atoms with Crippen molar-refractivity contribution in [3.8, 4) is 0 Å². The van der Waals surface area contributed by atoms with Gasteiger partial charge < -0.3 is 4.74 Å². The van der Waals surface area contributed by atoms with Crippen molar-refractivity contribution in [2.75, 3.05) is 19.7 Å². The van der Waals surface area contributed by atoms with Crippen molar-refractivity contribution in [3.05, 3.63) is 9.47 Å². The van der Waals surface area contributed by atoms with Crippen LogP contribution in [0.3, 0.4) is 0 Å². The zero-order chi connectivity index (χ0) is 11.4. The van der Waals surface area contributed by atoms with E-state index in [2.05, 4.69) is 22.0 Å². The molecule has 16 heavy (non-hydrogen) atoms. The number of ether oxygens (including phenoxy) is 1. The number of rotatable bonds is 4. The molecule has 0 radical (unpaired) electrons. The van der Waals surface area contributed by atoms with Crippen LogP contribution in [-0.4, -0.2) is 40.9 Å². The molecule has 0 bridgehead atoms. The third-order valence-corrected chi connectivity index (χ3v) is 3.74. The molecule has 1 saturated heterocycles. The molecule has 1 aromatic rings. The number of piperidine rings is 1. The largest absolute Gasteiger partial charge is 0.378 e. The van der Waals surface area contributed by atoms with Gasteiger partial charge in [-0.05, 0) is 31.4 Å². The topological polar surface area (TPSA) is 38.2 Å². The summed E-state index contributed by atoms with van der Waals surface area (Å²) in [6.45, 7) is 5.87. The quantitative estimate of drug-likeness (QED) is 0.833. The number of nitrogens with zero attached hydrogens (tertiary/aromatic N) is 3. The fraction of sp³-hybridized carbons (Fsp3) is 0.800. The molecular formula is C10H16ClN3OS. The number of aromatic nitrogens is 2. The van der Waals surface area contributed by atoms with Crippen molar-refractivity contribution in [2.24, 2.45) is 0 Å². The zero-order valence-corrected chi connectivity index (χ0v) is 10.9. The first-order valence-electron chi connectivity index (χ1n) is 5.59. The number of hydrogen-bond donors (Lipinski definition) is 0. The Kier molecular flexibility index (Phi) is 4.52. The lowest BCUT2D eigenvalue weighted by atomic mass is 10.1. The van der Waals surface area contributed by atoms with E-state index in [0.29, 0.717) is 10.6 Å². The molecule has 6 heteroatoms. The molecule has 0 aliphatic carbocycles. The molecule has 0 amide bonds. The summed E-state index contributed by atoms with van der Waals surface area (Å²) < 4.78 is 6.14. The summed E-state index contributed by atoms with van der Waals surface area (Å²) in [4.78, 5) is 2.38. The van der Waals surface area contributed by atoms with Gasteiger partial charge in [-0.15, -0.1) is 10.2 Å². The van der Waals surface area contributed by atoms with Gasteiger partial charge >= 0.3 is 0 Å². The highest BCUT2D eigenvalue weighted by molar-refractivity contribution is 7.15. The van der Waals surface area contributed by atoms with Gasteiger partial charge in [-0.2, -0.15) is 0 Å². The Morgan fingerprint density at radius 1 is 1.44 bits per heavy atom. The van der Waals surface area contributed by atoms with E-state index >= 15 is 0 Å². The lowest BCUT2D eigenvalue weighted by Crippen LogP contribution is -2.36. The van der Waals surface area contributed by atoms with Crippen LogP contribution in [0.4, 0.5) is 0 Å². The zero-order valence-electron chi connectivity index (χ0n) is 9.36. The Hall–Kier alpha value is -0.230. The van der Waals surface area contributed by atoms with E-state index in [0.717, 1.165) is 44.1 Å². The molecule has 0 N–H and O–H groups in total. The summed E-state index contributed by atoms with van der Waals surface area (Å²) in [6, 6.07) is 0. The first kappa shape index (κ1) is 12.2. The summed E-state index contributed by atoms with van der Waals surface area (Å²) in [5.74, 6) is 0. The lowest BCUT2D eigenvalue weighted by molar-refractivity contribution is 0.0125. The highest BCUT2D eigenvalue weighted by atomic mass is 35.5. The molecule has 2 heterocycles. The van der Waals surface area contributed by atoms with E-state index in [9.17, 15) is 0 Å². The van der Waals surface area contributed by atoms with Crippen LogP contribution in [0.5, 0.6) is 0 Å². The first-order valence-corrected chi connectivity index (χ1v) is 6.79. The van der Waals surface area contributed by atoms with Crippen molar-refractivity contribution in [1.29, 1.82) is 0 Å². The molecule has 0 saturated carbocycles.